The van der Waals surface area contributed by atoms with Gasteiger partial charge in [-0.2, -0.15) is 0 Å². The highest BCUT2D eigenvalue weighted by Gasteiger charge is 1.95. The molecule has 94 valence electrons. The molecule has 0 saturated carbocycles. The fourth-order valence-corrected chi connectivity index (χ4v) is 1.03. The molecule has 0 amide bonds. The molecule has 17 heavy (non-hydrogen) atoms. The van der Waals surface area contributed by atoms with Gasteiger partial charge in [-0.1, -0.05) is 36.8 Å². The average molecular weight is 236 g/mol. The van der Waals surface area contributed by atoms with Gasteiger partial charge in [0.05, 0.1) is 6.61 Å². The van der Waals surface area contributed by atoms with Crippen molar-refractivity contribution in [3.8, 4) is 0 Å². The molecule has 1 aromatic rings. The Bertz CT molecular complexity index is 352. The molecule has 0 unspecified atom stereocenters. The van der Waals surface area contributed by atoms with Crippen LogP contribution in [-0.2, 0) is 9.53 Å². The molecule has 0 aromatic heterocycles. The zero-order chi connectivity index (χ0) is 13.3. The van der Waals surface area contributed by atoms with Gasteiger partial charge in [0.15, 0.2) is 5.78 Å². The molecule has 0 spiro atoms. The maximum Gasteiger partial charge on any atom is 0.302 e. The van der Waals surface area contributed by atoms with E-state index in [4.69, 9.17) is 0 Å². The Kier molecular flexibility index (Phi) is 7.68. The second-order valence-electron chi connectivity index (χ2n) is 3.76. The summed E-state index contributed by atoms with van der Waals surface area (Å²) in [4.78, 5) is 20.7. The summed E-state index contributed by atoms with van der Waals surface area (Å²) in [5, 5.41) is 0. The van der Waals surface area contributed by atoms with E-state index in [9.17, 15) is 9.59 Å². The van der Waals surface area contributed by atoms with Crippen molar-refractivity contribution in [3.63, 3.8) is 0 Å². The van der Waals surface area contributed by atoms with Gasteiger partial charge in [-0.15, -0.1) is 0 Å². The minimum Gasteiger partial charge on any atom is -0.466 e. The summed E-state index contributed by atoms with van der Waals surface area (Å²) in [5.41, 5.74) is 1.97. The highest BCUT2D eigenvalue weighted by molar-refractivity contribution is 5.93. The molecule has 0 aliphatic rings. The van der Waals surface area contributed by atoms with E-state index in [0.717, 1.165) is 12.0 Å². The van der Waals surface area contributed by atoms with Crippen LogP contribution in [0.25, 0.3) is 0 Å². The summed E-state index contributed by atoms with van der Waals surface area (Å²) in [6.07, 6.45) is 0.902. The zero-order valence-electron chi connectivity index (χ0n) is 10.9. The van der Waals surface area contributed by atoms with Crippen molar-refractivity contribution in [2.75, 3.05) is 6.61 Å². The Morgan fingerprint density at radius 3 is 1.94 bits per heavy atom. The number of Topliss-reactive ketones (excluding diaryl/α,β-unsaturated/α-hetero) is 1. The molecule has 0 aliphatic carbocycles. The van der Waals surface area contributed by atoms with E-state index in [2.05, 4.69) is 4.74 Å². The maximum atomic E-state index is 10.8. The second-order valence-corrected chi connectivity index (χ2v) is 3.76. The number of ketones is 1. The van der Waals surface area contributed by atoms with Gasteiger partial charge in [-0.3, -0.25) is 9.59 Å². The fraction of sp³-hybridized carbons (Fsp3) is 0.429. The van der Waals surface area contributed by atoms with Gasteiger partial charge < -0.3 is 4.74 Å². The lowest BCUT2D eigenvalue weighted by atomic mass is 10.1. The first kappa shape index (κ1) is 15.4. The van der Waals surface area contributed by atoms with Gasteiger partial charge in [-0.25, -0.2) is 0 Å². The molecule has 0 bridgehead atoms. The van der Waals surface area contributed by atoms with E-state index >= 15 is 0 Å². The Morgan fingerprint density at radius 1 is 1.12 bits per heavy atom. The van der Waals surface area contributed by atoms with Gasteiger partial charge in [0.1, 0.15) is 0 Å². The Hall–Kier alpha value is -1.64. The minimum atomic E-state index is -0.193. The standard InChI is InChI=1S/C9H10O.C5H10O2/c1-7-3-5-9(6-4-7)8(2)10;1-3-4-7-5(2)6/h3-6H,1-2H3;3-4H2,1-2H3. The maximum absolute atomic E-state index is 10.8. The van der Waals surface area contributed by atoms with Crippen LogP contribution in [0.3, 0.4) is 0 Å². The van der Waals surface area contributed by atoms with Crippen LogP contribution < -0.4 is 0 Å². The zero-order valence-corrected chi connectivity index (χ0v) is 10.9. The van der Waals surface area contributed by atoms with Crippen LogP contribution in [0.5, 0.6) is 0 Å². The normalized spacial score (nSPS) is 8.94. The highest BCUT2D eigenvalue weighted by atomic mass is 16.5. The number of ether oxygens (including phenoxy) is 1. The SMILES string of the molecule is CC(=O)c1ccc(C)cc1.CCCOC(C)=O. The van der Waals surface area contributed by atoms with E-state index < -0.39 is 0 Å². The van der Waals surface area contributed by atoms with Crippen LogP contribution in [-0.4, -0.2) is 18.4 Å². The summed E-state index contributed by atoms with van der Waals surface area (Å²) < 4.78 is 4.55. The number of aryl methyl sites for hydroxylation is 1. The summed E-state index contributed by atoms with van der Waals surface area (Å²) in [6, 6.07) is 7.57. The number of carbonyl (C=O) groups is 2. The van der Waals surface area contributed by atoms with E-state index in [-0.39, 0.29) is 11.8 Å². The molecule has 0 fully saturated rings. The molecule has 0 atom stereocenters. The quantitative estimate of drug-likeness (QED) is 0.598. The molecular weight excluding hydrogens is 216 g/mol. The monoisotopic (exact) mass is 236 g/mol. The van der Waals surface area contributed by atoms with Crippen molar-refractivity contribution >= 4 is 11.8 Å². The first-order chi connectivity index (χ1) is 7.97. The molecule has 0 radical (unpaired) electrons. The van der Waals surface area contributed by atoms with Crippen LogP contribution in [0.4, 0.5) is 0 Å². The summed E-state index contributed by atoms with van der Waals surface area (Å²) in [5.74, 6) is -0.0677. The van der Waals surface area contributed by atoms with Gasteiger partial charge in [0.25, 0.3) is 0 Å². The van der Waals surface area contributed by atoms with Crippen molar-refractivity contribution in [1.82, 2.24) is 0 Å². The van der Waals surface area contributed by atoms with Gasteiger partial charge in [0, 0.05) is 12.5 Å². The highest BCUT2D eigenvalue weighted by Crippen LogP contribution is 2.02. The predicted octanol–water partition coefficient (Wildman–Crippen LogP) is 3.16. The van der Waals surface area contributed by atoms with Crippen molar-refractivity contribution in [2.24, 2.45) is 0 Å². The van der Waals surface area contributed by atoms with Crippen molar-refractivity contribution in [2.45, 2.75) is 34.1 Å². The Balaban J connectivity index is 0.000000325. The van der Waals surface area contributed by atoms with Crippen LogP contribution >= 0.6 is 0 Å². The topological polar surface area (TPSA) is 43.4 Å². The molecule has 3 heteroatoms. The van der Waals surface area contributed by atoms with Crippen molar-refractivity contribution < 1.29 is 14.3 Å². The molecule has 0 N–H and O–H groups in total. The lowest BCUT2D eigenvalue weighted by molar-refractivity contribution is -0.140. The number of rotatable bonds is 3. The number of hydrogen-bond donors (Lipinski definition) is 0. The van der Waals surface area contributed by atoms with Crippen LogP contribution in [0.2, 0.25) is 0 Å². The number of carbonyl (C=O) groups excluding carboxylic acids is 2. The van der Waals surface area contributed by atoms with Crippen molar-refractivity contribution in [3.05, 3.63) is 35.4 Å². The summed E-state index contributed by atoms with van der Waals surface area (Å²) in [6.45, 7) is 7.50. The Morgan fingerprint density at radius 2 is 1.65 bits per heavy atom. The number of esters is 1. The summed E-state index contributed by atoms with van der Waals surface area (Å²) >= 11 is 0. The molecule has 3 nitrogen and oxygen atoms in total. The number of hydrogen-bond acceptors (Lipinski definition) is 3. The first-order valence-electron chi connectivity index (χ1n) is 5.68. The van der Waals surface area contributed by atoms with E-state index in [1.54, 1.807) is 6.92 Å². The fourth-order valence-electron chi connectivity index (χ4n) is 1.03. The molecule has 0 heterocycles. The minimum absolute atomic E-state index is 0.125. The van der Waals surface area contributed by atoms with E-state index in [1.807, 2.05) is 38.1 Å². The first-order valence-corrected chi connectivity index (χ1v) is 5.68. The third-order valence-electron chi connectivity index (χ3n) is 1.97. The van der Waals surface area contributed by atoms with Gasteiger partial charge in [-0.05, 0) is 20.3 Å². The lowest BCUT2D eigenvalue weighted by Crippen LogP contribution is -1.98. The third kappa shape index (κ3) is 8.20. The van der Waals surface area contributed by atoms with Crippen LogP contribution in [0, 0.1) is 6.92 Å². The predicted molar refractivity (Wildman–Crippen MR) is 68.1 cm³/mol. The second kappa shape index (κ2) is 8.50. The molecule has 0 aliphatic heterocycles. The molecule has 1 aromatic carbocycles. The van der Waals surface area contributed by atoms with E-state index in [1.165, 1.54) is 12.5 Å². The smallest absolute Gasteiger partial charge is 0.302 e. The number of benzene rings is 1. The summed E-state index contributed by atoms with van der Waals surface area (Å²) in [7, 11) is 0. The van der Waals surface area contributed by atoms with Gasteiger partial charge in [0.2, 0.25) is 0 Å². The average Bonchev–Trinajstić information content (AvgIpc) is 2.27. The lowest BCUT2D eigenvalue weighted by Gasteiger charge is -1.93. The van der Waals surface area contributed by atoms with Gasteiger partial charge >= 0.3 is 5.97 Å². The third-order valence-corrected chi connectivity index (χ3v) is 1.97. The van der Waals surface area contributed by atoms with Crippen molar-refractivity contribution in [1.29, 1.82) is 0 Å². The molecular formula is C14H20O3. The largest absolute Gasteiger partial charge is 0.466 e. The molecule has 0 saturated heterocycles. The van der Waals surface area contributed by atoms with E-state index in [0.29, 0.717) is 6.61 Å². The van der Waals surface area contributed by atoms with Crippen LogP contribution in [0.15, 0.2) is 24.3 Å². The molecule has 1 rings (SSSR count). The Labute approximate surface area is 103 Å². The van der Waals surface area contributed by atoms with Crippen LogP contribution in [0.1, 0.15) is 43.1 Å².